The third-order valence-corrected chi connectivity index (χ3v) is 7.71. The van der Waals surface area contributed by atoms with Crippen molar-refractivity contribution in [2.75, 3.05) is 17.6 Å². The maximum atomic E-state index is 13.7. The fraction of sp³-hybridized carbons (Fsp3) is 0.222. The number of hydrogen-bond acceptors (Lipinski definition) is 6. The number of nitrogens with one attached hydrogen (secondary N) is 1. The van der Waals surface area contributed by atoms with Crippen LogP contribution >= 0.6 is 0 Å². The zero-order valence-electron chi connectivity index (χ0n) is 21.2. The molecule has 0 atom stereocenters. The molecule has 0 aliphatic heterocycles. The summed E-state index contributed by atoms with van der Waals surface area (Å²) in [6, 6.07) is 11.1. The number of alkyl halides is 2. The van der Waals surface area contributed by atoms with Gasteiger partial charge in [0.2, 0.25) is 10.0 Å². The van der Waals surface area contributed by atoms with Crippen LogP contribution in [0.4, 0.5) is 30.2 Å². The molecule has 1 fully saturated rings. The van der Waals surface area contributed by atoms with E-state index in [1.807, 2.05) is 0 Å². The van der Waals surface area contributed by atoms with Crippen LogP contribution in [-0.4, -0.2) is 32.6 Å². The fourth-order valence-electron chi connectivity index (χ4n) is 4.72. The van der Waals surface area contributed by atoms with E-state index in [0.717, 1.165) is 41.6 Å². The minimum absolute atomic E-state index is 0.0852. The van der Waals surface area contributed by atoms with Crippen LogP contribution in [0.1, 0.15) is 46.7 Å². The summed E-state index contributed by atoms with van der Waals surface area (Å²) in [7, 11) is -2.73. The highest BCUT2D eigenvalue weighted by atomic mass is 32.2. The molecule has 5 rings (SSSR count). The van der Waals surface area contributed by atoms with Crippen LogP contribution in [-0.2, 0) is 10.0 Å². The van der Waals surface area contributed by atoms with E-state index >= 15 is 0 Å². The van der Waals surface area contributed by atoms with Crippen molar-refractivity contribution in [3.63, 3.8) is 0 Å². The van der Waals surface area contributed by atoms with E-state index in [2.05, 4.69) is 5.32 Å². The van der Waals surface area contributed by atoms with E-state index in [-0.39, 0.29) is 34.2 Å². The largest absolute Gasteiger partial charge is 0.455 e. The lowest BCUT2D eigenvalue weighted by Crippen LogP contribution is -2.26. The summed E-state index contributed by atoms with van der Waals surface area (Å²) in [5.41, 5.74) is -0.648. The standard InChI is InChI=1S/C27H22F3N3O6S/c1-31-27(34)24-20-12-18(14-3-4-14)22(13-23(20)39-25(24)15-5-7-16(28)8-6-15)32(40(2,37)38)17-9-10-21(33(35)36)19(11-17)26(29)30/h5-14,26H,3-4H2,1-2H3,(H,31,34). The summed E-state index contributed by atoms with van der Waals surface area (Å²) in [5, 5.41) is 14.2. The third kappa shape index (κ3) is 4.88. The molecule has 1 aromatic heterocycles. The zero-order valence-corrected chi connectivity index (χ0v) is 22.0. The molecule has 9 nitrogen and oxygen atoms in total. The number of nitrogens with zero attached hydrogens (tertiary/aromatic N) is 2. The quantitative estimate of drug-likeness (QED) is 0.192. The van der Waals surface area contributed by atoms with Gasteiger partial charge in [0.05, 0.1) is 33.7 Å². The molecule has 0 unspecified atom stereocenters. The molecule has 40 heavy (non-hydrogen) atoms. The first-order chi connectivity index (χ1) is 18.9. The summed E-state index contributed by atoms with van der Waals surface area (Å²) in [5.74, 6) is -0.924. The molecule has 208 valence electrons. The number of carbonyl (C=O) groups excluding carboxylic acids is 1. The number of amides is 1. The molecule has 1 amide bonds. The highest BCUT2D eigenvalue weighted by Gasteiger charge is 2.35. The normalized spacial score (nSPS) is 13.6. The lowest BCUT2D eigenvalue weighted by molar-refractivity contribution is -0.386. The Balaban J connectivity index is 1.79. The van der Waals surface area contributed by atoms with Gasteiger partial charge in [-0.25, -0.2) is 25.9 Å². The molecule has 13 heteroatoms. The van der Waals surface area contributed by atoms with Gasteiger partial charge in [-0.1, -0.05) is 0 Å². The lowest BCUT2D eigenvalue weighted by Gasteiger charge is -2.25. The van der Waals surface area contributed by atoms with Crippen molar-refractivity contribution in [1.82, 2.24) is 5.32 Å². The van der Waals surface area contributed by atoms with Gasteiger partial charge >= 0.3 is 0 Å². The molecule has 0 bridgehead atoms. The van der Waals surface area contributed by atoms with Gasteiger partial charge in [0.25, 0.3) is 18.0 Å². The van der Waals surface area contributed by atoms with E-state index < -0.39 is 44.3 Å². The Morgan fingerprint density at radius 1 is 1.12 bits per heavy atom. The van der Waals surface area contributed by atoms with E-state index in [4.69, 9.17) is 4.42 Å². The van der Waals surface area contributed by atoms with Crippen molar-refractivity contribution in [1.29, 1.82) is 0 Å². The Bertz CT molecular complexity index is 1770. The second kappa shape index (κ2) is 9.97. The number of furan rings is 1. The maximum absolute atomic E-state index is 13.7. The molecule has 4 aromatic rings. The third-order valence-electron chi connectivity index (χ3n) is 6.64. The Labute approximate surface area is 226 Å². The van der Waals surface area contributed by atoms with Gasteiger partial charge in [-0.2, -0.15) is 0 Å². The second-order valence-corrected chi connectivity index (χ2v) is 11.2. The molecule has 0 saturated heterocycles. The highest BCUT2D eigenvalue weighted by molar-refractivity contribution is 7.92. The first-order valence-corrected chi connectivity index (χ1v) is 13.9. The number of anilines is 2. The molecule has 1 saturated carbocycles. The average Bonchev–Trinajstić information content (AvgIpc) is 3.68. The van der Waals surface area contributed by atoms with Crippen LogP contribution in [0.3, 0.4) is 0 Å². The number of halogens is 3. The van der Waals surface area contributed by atoms with Gasteiger partial charge in [-0.3, -0.25) is 14.9 Å². The second-order valence-electron chi connectivity index (χ2n) is 9.40. The Hall–Kier alpha value is -4.39. The first-order valence-electron chi connectivity index (χ1n) is 12.1. The van der Waals surface area contributed by atoms with Crippen LogP contribution < -0.4 is 9.62 Å². The summed E-state index contributed by atoms with van der Waals surface area (Å²) in [4.78, 5) is 23.3. The van der Waals surface area contributed by atoms with Crippen molar-refractivity contribution in [3.05, 3.63) is 87.2 Å². The fourth-order valence-corrected chi connectivity index (χ4v) is 5.73. The molecule has 0 spiro atoms. The molecule has 1 aliphatic rings. The smallest absolute Gasteiger partial charge is 0.278 e. The topological polar surface area (TPSA) is 123 Å². The number of nitro groups is 1. The number of hydrogen-bond donors (Lipinski definition) is 1. The average molecular weight is 574 g/mol. The summed E-state index contributed by atoms with van der Waals surface area (Å²) in [6.07, 6.45) is -0.905. The minimum Gasteiger partial charge on any atom is -0.455 e. The monoisotopic (exact) mass is 573 g/mol. The minimum atomic E-state index is -4.17. The number of rotatable bonds is 8. The Morgan fingerprint density at radius 3 is 2.35 bits per heavy atom. The SMILES string of the molecule is CNC(=O)c1c(-c2ccc(F)cc2)oc2cc(N(c3ccc([N+](=O)[O-])c(C(F)F)c3)S(C)(=O)=O)c(C3CC3)cc12. The van der Waals surface area contributed by atoms with Crippen LogP contribution in [0.5, 0.6) is 0 Å². The van der Waals surface area contributed by atoms with Crippen molar-refractivity contribution >= 4 is 44.0 Å². The van der Waals surface area contributed by atoms with Gasteiger partial charge in [0.15, 0.2) is 0 Å². The Morgan fingerprint density at radius 2 is 1.80 bits per heavy atom. The number of benzene rings is 3. The van der Waals surface area contributed by atoms with Gasteiger partial charge in [-0.15, -0.1) is 0 Å². The van der Waals surface area contributed by atoms with Crippen LogP contribution in [0, 0.1) is 15.9 Å². The van der Waals surface area contributed by atoms with Gasteiger partial charge in [0.1, 0.15) is 17.2 Å². The first kappa shape index (κ1) is 27.2. The molecule has 1 N–H and O–H groups in total. The van der Waals surface area contributed by atoms with Crippen molar-refractivity contribution in [2.45, 2.75) is 25.2 Å². The van der Waals surface area contributed by atoms with Crippen molar-refractivity contribution in [3.8, 4) is 11.3 Å². The van der Waals surface area contributed by atoms with Gasteiger partial charge < -0.3 is 9.73 Å². The molecular weight excluding hydrogens is 551 g/mol. The van der Waals surface area contributed by atoms with Gasteiger partial charge in [0, 0.05) is 30.1 Å². The zero-order chi connectivity index (χ0) is 28.9. The lowest BCUT2D eigenvalue weighted by atomic mass is 10.00. The van der Waals surface area contributed by atoms with Crippen molar-refractivity contribution in [2.24, 2.45) is 0 Å². The summed E-state index contributed by atoms with van der Waals surface area (Å²) in [6.45, 7) is 0. The van der Waals surface area contributed by atoms with Crippen LogP contribution in [0.2, 0.25) is 0 Å². The molecule has 1 aliphatic carbocycles. The number of nitro benzene ring substituents is 1. The molecule has 1 heterocycles. The van der Waals surface area contributed by atoms with Crippen LogP contribution in [0.15, 0.2) is 59.0 Å². The van der Waals surface area contributed by atoms with E-state index in [1.165, 1.54) is 37.4 Å². The van der Waals surface area contributed by atoms with E-state index in [1.54, 1.807) is 6.07 Å². The number of fused-ring (bicyclic) bond motifs is 1. The van der Waals surface area contributed by atoms with E-state index in [9.17, 15) is 36.5 Å². The Kier molecular flexibility index (Phi) is 6.78. The van der Waals surface area contributed by atoms with Gasteiger partial charge in [-0.05, 0) is 66.8 Å². The molecule has 0 radical (unpaired) electrons. The predicted molar refractivity (Wildman–Crippen MR) is 142 cm³/mol. The summed E-state index contributed by atoms with van der Waals surface area (Å²) >= 11 is 0. The maximum Gasteiger partial charge on any atom is 0.278 e. The van der Waals surface area contributed by atoms with E-state index in [0.29, 0.717) is 16.5 Å². The number of carbonyl (C=O) groups is 1. The molecular formula is C27H22F3N3O6S. The number of sulfonamides is 1. The molecule has 3 aromatic carbocycles. The predicted octanol–water partition coefficient (Wildman–Crippen LogP) is 6.42. The summed E-state index contributed by atoms with van der Waals surface area (Å²) < 4.78 is 74.2. The van der Waals surface area contributed by atoms with Crippen LogP contribution in [0.25, 0.3) is 22.3 Å². The highest BCUT2D eigenvalue weighted by Crippen LogP contribution is 2.49. The van der Waals surface area contributed by atoms with Crippen molar-refractivity contribution < 1.29 is 35.7 Å².